The molecule has 0 spiro atoms. The molecular weight excluding hydrogens is 432 g/mol. The molecule has 0 amide bonds. The predicted octanol–water partition coefficient (Wildman–Crippen LogP) is 3.76. The fourth-order valence-electron chi connectivity index (χ4n) is 4.27. The zero-order chi connectivity index (χ0) is 24.1. The Labute approximate surface area is 199 Å². The number of aromatic nitrogens is 5. The molecule has 0 unspecified atom stereocenters. The highest BCUT2D eigenvalue weighted by atomic mass is 16.5. The second-order valence-electron chi connectivity index (χ2n) is 8.51. The Bertz CT molecular complexity index is 1210. The van der Waals surface area contributed by atoms with E-state index >= 15 is 0 Å². The summed E-state index contributed by atoms with van der Waals surface area (Å²) in [6.07, 6.45) is 2.99. The van der Waals surface area contributed by atoms with Crippen LogP contribution in [0.15, 0.2) is 42.6 Å². The van der Waals surface area contributed by atoms with Crippen LogP contribution < -0.4 is 19.5 Å². The highest BCUT2D eigenvalue weighted by Gasteiger charge is 2.23. The Balaban J connectivity index is 1.51. The van der Waals surface area contributed by atoms with Gasteiger partial charge in [-0.3, -0.25) is 0 Å². The van der Waals surface area contributed by atoms with E-state index < -0.39 is 0 Å². The van der Waals surface area contributed by atoms with Crippen LogP contribution in [0.4, 0.5) is 0 Å². The number of para-hydroxylation sites is 1. The van der Waals surface area contributed by atoms with Crippen molar-refractivity contribution < 1.29 is 14.2 Å². The van der Waals surface area contributed by atoms with Gasteiger partial charge in [0.25, 0.3) is 0 Å². The van der Waals surface area contributed by atoms with Crippen LogP contribution in [-0.2, 0) is 13.0 Å². The zero-order valence-electron chi connectivity index (χ0n) is 20.3. The summed E-state index contributed by atoms with van der Waals surface area (Å²) in [4.78, 5) is 3.35. The summed E-state index contributed by atoms with van der Waals surface area (Å²) < 4.78 is 18.2. The number of H-pyrrole nitrogens is 1. The highest BCUT2D eigenvalue weighted by molar-refractivity contribution is 5.83. The monoisotopic (exact) mass is 464 g/mol. The van der Waals surface area contributed by atoms with Gasteiger partial charge in [0.2, 0.25) is 5.75 Å². The zero-order valence-corrected chi connectivity index (χ0v) is 20.3. The van der Waals surface area contributed by atoms with Gasteiger partial charge in [-0.2, -0.15) is 0 Å². The number of tetrazole rings is 1. The van der Waals surface area contributed by atoms with E-state index in [1.54, 1.807) is 21.3 Å². The van der Waals surface area contributed by atoms with Crippen LogP contribution in [0.25, 0.3) is 10.9 Å². The van der Waals surface area contributed by atoms with Crippen LogP contribution in [0.5, 0.6) is 17.2 Å². The molecule has 4 aromatic rings. The lowest BCUT2D eigenvalue weighted by atomic mass is 10.0. The molecule has 2 aromatic carbocycles. The van der Waals surface area contributed by atoms with Crippen molar-refractivity contribution in [1.29, 1.82) is 0 Å². The van der Waals surface area contributed by atoms with E-state index in [0.29, 0.717) is 29.7 Å². The predicted molar refractivity (Wildman–Crippen MR) is 131 cm³/mol. The third kappa shape index (κ3) is 4.84. The molecule has 34 heavy (non-hydrogen) atoms. The van der Waals surface area contributed by atoms with Crippen molar-refractivity contribution in [2.24, 2.45) is 5.92 Å². The number of ether oxygens (including phenoxy) is 3. The first-order valence-electron chi connectivity index (χ1n) is 11.4. The Morgan fingerprint density at radius 1 is 1.03 bits per heavy atom. The number of nitrogens with zero attached hydrogens (tertiary/aromatic N) is 4. The van der Waals surface area contributed by atoms with E-state index in [-0.39, 0.29) is 6.04 Å². The maximum Gasteiger partial charge on any atom is 0.203 e. The molecule has 180 valence electrons. The summed E-state index contributed by atoms with van der Waals surface area (Å²) in [6.45, 7) is 5.62. The molecule has 2 aromatic heterocycles. The summed E-state index contributed by atoms with van der Waals surface area (Å²) in [5.74, 6) is 2.85. The van der Waals surface area contributed by atoms with Gasteiger partial charge in [0.05, 0.1) is 33.9 Å². The molecule has 0 aliphatic carbocycles. The van der Waals surface area contributed by atoms with Crippen molar-refractivity contribution in [3.05, 3.63) is 59.5 Å². The molecule has 0 fully saturated rings. The SMILES string of the molecule is COc1cc(Cn2nnnc2[C@@H](NCCc2c[nH]c3ccccc23)C(C)C)cc(OC)c1OC. The number of nitrogens with one attached hydrogen (secondary N) is 2. The van der Waals surface area contributed by atoms with Crippen LogP contribution in [0.1, 0.15) is 36.8 Å². The molecule has 4 rings (SSSR count). The summed E-state index contributed by atoms with van der Waals surface area (Å²) >= 11 is 0. The molecule has 1 atom stereocenters. The largest absolute Gasteiger partial charge is 0.493 e. The van der Waals surface area contributed by atoms with E-state index in [0.717, 1.165) is 29.9 Å². The first-order valence-corrected chi connectivity index (χ1v) is 11.4. The minimum absolute atomic E-state index is 0.00208. The van der Waals surface area contributed by atoms with E-state index in [9.17, 15) is 0 Å². The number of aromatic amines is 1. The van der Waals surface area contributed by atoms with Gasteiger partial charge in [-0.05, 0) is 58.6 Å². The van der Waals surface area contributed by atoms with E-state index in [1.807, 2.05) is 22.9 Å². The second kappa shape index (κ2) is 10.6. The molecule has 0 aliphatic rings. The first-order chi connectivity index (χ1) is 16.5. The standard InChI is InChI=1S/C25H32N6O3/c1-16(2)23(26-11-10-18-14-27-20-9-7-6-8-19(18)20)25-28-29-30-31(25)15-17-12-21(32-3)24(34-5)22(13-17)33-4/h6-9,12-14,16,23,26-27H,10-11,15H2,1-5H3/t23-/m0/s1. The fourth-order valence-corrected chi connectivity index (χ4v) is 4.27. The van der Waals surface area contributed by atoms with Crippen molar-refractivity contribution in [3.8, 4) is 17.2 Å². The van der Waals surface area contributed by atoms with Crippen LogP contribution in [0, 0.1) is 5.92 Å². The minimum Gasteiger partial charge on any atom is -0.493 e. The normalized spacial score (nSPS) is 12.3. The third-order valence-corrected chi connectivity index (χ3v) is 5.99. The van der Waals surface area contributed by atoms with E-state index in [1.165, 1.54) is 10.9 Å². The van der Waals surface area contributed by atoms with Crippen molar-refractivity contribution in [2.75, 3.05) is 27.9 Å². The number of hydrogen-bond acceptors (Lipinski definition) is 7. The number of benzene rings is 2. The quantitative estimate of drug-likeness (QED) is 0.349. The van der Waals surface area contributed by atoms with Gasteiger partial charge in [-0.25, -0.2) is 4.68 Å². The minimum atomic E-state index is 0.00208. The Morgan fingerprint density at radius 2 is 1.76 bits per heavy atom. The summed E-state index contributed by atoms with van der Waals surface area (Å²) in [5, 5.41) is 17.5. The maximum absolute atomic E-state index is 5.49. The molecule has 9 heteroatoms. The van der Waals surface area contributed by atoms with Crippen molar-refractivity contribution in [3.63, 3.8) is 0 Å². The van der Waals surface area contributed by atoms with Gasteiger partial charge in [-0.15, -0.1) is 5.10 Å². The highest BCUT2D eigenvalue weighted by Crippen LogP contribution is 2.38. The molecule has 0 radical (unpaired) electrons. The topological polar surface area (TPSA) is 99.1 Å². The van der Waals surface area contributed by atoms with Gasteiger partial charge in [0, 0.05) is 17.1 Å². The number of methoxy groups -OCH3 is 3. The fraction of sp³-hybridized carbons (Fsp3) is 0.400. The summed E-state index contributed by atoms with van der Waals surface area (Å²) in [5.41, 5.74) is 3.40. The van der Waals surface area contributed by atoms with E-state index in [4.69, 9.17) is 14.2 Å². The van der Waals surface area contributed by atoms with Crippen LogP contribution in [0.3, 0.4) is 0 Å². The van der Waals surface area contributed by atoms with Crippen molar-refractivity contribution >= 4 is 10.9 Å². The molecule has 0 saturated carbocycles. The summed E-state index contributed by atoms with van der Waals surface area (Å²) in [6, 6.07) is 12.2. The van der Waals surface area contributed by atoms with Gasteiger partial charge < -0.3 is 24.5 Å². The number of fused-ring (bicyclic) bond motifs is 1. The number of rotatable bonds is 11. The molecule has 9 nitrogen and oxygen atoms in total. The summed E-state index contributed by atoms with van der Waals surface area (Å²) in [7, 11) is 4.81. The van der Waals surface area contributed by atoms with Gasteiger partial charge >= 0.3 is 0 Å². The smallest absolute Gasteiger partial charge is 0.203 e. The average Bonchev–Trinajstić information content (AvgIpc) is 3.47. The maximum atomic E-state index is 5.49. The molecule has 2 N–H and O–H groups in total. The van der Waals surface area contributed by atoms with Crippen molar-refractivity contribution in [1.82, 2.24) is 30.5 Å². The van der Waals surface area contributed by atoms with Crippen LogP contribution >= 0.6 is 0 Å². The lowest BCUT2D eigenvalue weighted by Crippen LogP contribution is -2.30. The lowest BCUT2D eigenvalue weighted by molar-refractivity contribution is 0.323. The Hall–Kier alpha value is -3.59. The van der Waals surface area contributed by atoms with E-state index in [2.05, 4.69) is 64.1 Å². The Morgan fingerprint density at radius 3 is 2.44 bits per heavy atom. The molecule has 0 saturated heterocycles. The van der Waals surface area contributed by atoms with Gasteiger partial charge in [0.15, 0.2) is 17.3 Å². The average molecular weight is 465 g/mol. The van der Waals surface area contributed by atoms with Gasteiger partial charge in [0.1, 0.15) is 0 Å². The second-order valence-corrected chi connectivity index (χ2v) is 8.51. The molecule has 0 aliphatic heterocycles. The van der Waals surface area contributed by atoms with Gasteiger partial charge in [-0.1, -0.05) is 32.0 Å². The third-order valence-electron chi connectivity index (χ3n) is 5.99. The molecular formula is C25H32N6O3. The molecule has 0 bridgehead atoms. The lowest BCUT2D eigenvalue weighted by Gasteiger charge is -2.22. The first kappa shape index (κ1) is 23.6. The van der Waals surface area contributed by atoms with Crippen molar-refractivity contribution in [2.45, 2.75) is 32.9 Å². The van der Waals surface area contributed by atoms with Crippen LogP contribution in [-0.4, -0.2) is 53.1 Å². The number of hydrogen-bond donors (Lipinski definition) is 2. The molecule has 2 heterocycles. The van der Waals surface area contributed by atoms with Crippen LogP contribution in [0.2, 0.25) is 0 Å². The Kier molecular flexibility index (Phi) is 7.32.